The van der Waals surface area contributed by atoms with Crippen LogP contribution in [0, 0.1) is 0 Å². The van der Waals surface area contributed by atoms with Crippen molar-refractivity contribution >= 4 is 0 Å². The van der Waals surface area contributed by atoms with Crippen LogP contribution in [-0.4, -0.2) is 49.8 Å². The Kier molecular flexibility index (Phi) is 6.77. The Labute approximate surface area is 104 Å². The zero-order valence-corrected chi connectivity index (χ0v) is 11.0. The van der Waals surface area contributed by atoms with Gasteiger partial charge >= 0.3 is 0 Å². The first-order chi connectivity index (χ1) is 8.27. The average molecular weight is 237 g/mol. The minimum absolute atomic E-state index is 0.396. The van der Waals surface area contributed by atoms with Gasteiger partial charge in [0.15, 0.2) is 0 Å². The number of hydrogen-bond donors (Lipinski definition) is 1. The first-order valence-corrected chi connectivity index (χ1v) is 6.06. The van der Waals surface area contributed by atoms with Crippen LogP contribution in [0.25, 0.3) is 0 Å². The fourth-order valence-electron chi connectivity index (χ4n) is 1.75. The first kappa shape index (κ1) is 14.1. The molecule has 0 fully saturated rings. The van der Waals surface area contributed by atoms with Gasteiger partial charge in [0, 0.05) is 38.6 Å². The normalized spacial score (nSPS) is 12.9. The van der Waals surface area contributed by atoms with Crippen LogP contribution >= 0.6 is 0 Å². The van der Waals surface area contributed by atoms with Crippen LogP contribution in [0.3, 0.4) is 0 Å². The van der Waals surface area contributed by atoms with E-state index in [9.17, 15) is 0 Å². The van der Waals surface area contributed by atoms with E-state index in [1.165, 1.54) is 5.56 Å². The molecule has 1 atom stereocenters. The number of methoxy groups -OCH3 is 1. The molecule has 0 spiro atoms. The van der Waals surface area contributed by atoms with Crippen molar-refractivity contribution in [3.05, 3.63) is 30.1 Å². The van der Waals surface area contributed by atoms with E-state index in [0.29, 0.717) is 6.04 Å². The summed E-state index contributed by atoms with van der Waals surface area (Å²) in [5, 5.41) is 3.37. The van der Waals surface area contributed by atoms with Crippen molar-refractivity contribution in [1.29, 1.82) is 0 Å². The molecule has 1 unspecified atom stereocenters. The summed E-state index contributed by atoms with van der Waals surface area (Å²) in [4.78, 5) is 6.33. The molecule has 4 nitrogen and oxygen atoms in total. The number of rotatable bonds is 8. The maximum Gasteiger partial charge on any atom is 0.0630 e. The third kappa shape index (κ3) is 5.26. The highest BCUT2D eigenvalue weighted by atomic mass is 16.5. The summed E-state index contributed by atoms with van der Waals surface area (Å²) in [5.41, 5.74) is 1.28. The van der Waals surface area contributed by atoms with Crippen molar-refractivity contribution in [3.63, 3.8) is 0 Å². The Morgan fingerprint density at radius 3 is 2.71 bits per heavy atom. The second-order valence-corrected chi connectivity index (χ2v) is 4.19. The maximum absolute atomic E-state index is 5.27. The number of hydrogen-bond acceptors (Lipinski definition) is 4. The Morgan fingerprint density at radius 2 is 2.12 bits per heavy atom. The van der Waals surface area contributed by atoms with Gasteiger partial charge in [0.1, 0.15) is 0 Å². The summed E-state index contributed by atoms with van der Waals surface area (Å²) in [7, 11) is 3.88. The fraction of sp³-hybridized carbons (Fsp3) is 0.615. The lowest BCUT2D eigenvalue weighted by molar-refractivity contribution is 0.102. The lowest BCUT2D eigenvalue weighted by Gasteiger charge is -2.27. The molecule has 0 aliphatic rings. The van der Waals surface area contributed by atoms with E-state index in [-0.39, 0.29) is 0 Å². The van der Waals surface area contributed by atoms with Gasteiger partial charge in [0.2, 0.25) is 0 Å². The van der Waals surface area contributed by atoms with Crippen molar-refractivity contribution in [2.24, 2.45) is 0 Å². The van der Waals surface area contributed by atoms with Crippen molar-refractivity contribution in [2.75, 3.05) is 33.9 Å². The van der Waals surface area contributed by atoms with Gasteiger partial charge in [-0.2, -0.15) is 0 Å². The van der Waals surface area contributed by atoms with E-state index in [2.05, 4.69) is 29.2 Å². The zero-order chi connectivity index (χ0) is 12.5. The van der Waals surface area contributed by atoms with Crippen LogP contribution in [0.2, 0.25) is 0 Å². The highest BCUT2D eigenvalue weighted by Crippen LogP contribution is 2.05. The van der Waals surface area contributed by atoms with Crippen molar-refractivity contribution in [3.8, 4) is 0 Å². The molecule has 0 saturated heterocycles. The van der Waals surface area contributed by atoms with Crippen LogP contribution in [0.4, 0.5) is 0 Å². The maximum atomic E-state index is 5.27. The van der Waals surface area contributed by atoms with Crippen LogP contribution in [0.5, 0.6) is 0 Å². The molecule has 1 rings (SSSR count). The standard InChI is InChI=1S/C13H23N3O/c1-4-14-9-13(11-17-3)16(2)10-12-5-7-15-8-6-12/h5-8,13-14H,4,9-11H2,1-3H3. The minimum atomic E-state index is 0.396. The Bertz CT molecular complexity index is 292. The molecule has 0 radical (unpaired) electrons. The summed E-state index contributed by atoms with van der Waals surface area (Å²) in [5.74, 6) is 0. The molecule has 96 valence electrons. The van der Waals surface area contributed by atoms with Gasteiger partial charge in [-0.25, -0.2) is 0 Å². The molecular formula is C13H23N3O. The third-order valence-electron chi connectivity index (χ3n) is 2.79. The number of aromatic nitrogens is 1. The van der Waals surface area contributed by atoms with Gasteiger partial charge in [0.25, 0.3) is 0 Å². The number of nitrogens with zero attached hydrogens (tertiary/aromatic N) is 2. The molecule has 4 heteroatoms. The summed E-state index contributed by atoms with van der Waals surface area (Å²) >= 11 is 0. The fourth-order valence-corrected chi connectivity index (χ4v) is 1.75. The molecule has 1 N–H and O–H groups in total. The predicted octanol–water partition coefficient (Wildman–Crippen LogP) is 1.14. The minimum Gasteiger partial charge on any atom is -0.383 e. The van der Waals surface area contributed by atoms with Gasteiger partial charge in [-0.3, -0.25) is 9.88 Å². The largest absolute Gasteiger partial charge is 0.383 e. The summed E-state index contributed by atoms with van der Waals surface area (Å²) < 4.78 is 5.27. The van der Waals surface area contributed by atoms with Gasteiger partial charge < -0.3 is 10.1 Å². The van der Waals surface area contributed by atoms with Crippen molar-refractivity contribution in [1.82, 2.24) is 15.2 Å². The molecule has 0 bridgehead atoms. The molecule has 0 aliphatic heterocycles. The predicted molar refractivity (Wildman–Crippen MR) is 69.9 cm³/mol. The monoisotopic (exact) mass is 237 g/mol. The quantitative estimate of drug-likeness (QED) is 0.735. The topological polar surface area (TPSA) is 37.4 Å². The van der Waals surface area contributed by atoms with E-state index in [1.807, 2.05) is 24.5 Å². The number of likely N-dealkylation sites (N-methyl/N-ethyl adjacent to an activating group) is 2. The number of pyridine rings is 1. The molecular weight excluding hydrogens is 214 g/mol. The van der Waals surface area contributed by atoms with Crippen LogP contribution in [0.15, 0.2) is 24.5 Å². The van der Waals surface area contributed by atoms with Crippen LogP contribution < -0.4 is 5.32 Å². The smallest absolute Gasteiger partial charge is 0.0630 e. The average Bonchev–Trinajstić information content (AvgIpc) is 2.35. The second-order valence-electron chi connectivity index (χ2n) is 4.19. The lowest BCUT2D eigenvalue weighted by Crippen LogP contribution is -2.42. The van der Waals surface area contributed by atoms with Gasteiger partial charge in [-0.1, -0.05) is 6.92 Å². The zero-order valence-electron chi connectivity index (χ0n) is 11.0. The highest BCUT2D eigenvalue weighted by molar-refractivity contribution is 5.09. The van der Waals surface area contributed by atoms with E-state index in [0.717, 1.165) is 26.2 Å². The van der Waals surface area contributed by atoms with Gasteiger partial charge in [-0.15, -0.1) is 0 Å². The third-order valence-corrected chi connectivity index (χ3v) is 2.79. The van der Waals surface area contributed by atoms with Crippen molar-refractivity contribution < 1.29 is 4.74 Å². The molecule has 0 aliphatic carbocycles. The number of nitrogens with one attached hydrogen (secondary N) is 1. The Hall–Kier alpha value is -0.970. The molecule has 1 aromatic rings. The van der Waals surface area contributed by atoms with E-state index < -0.39 is 0 Å². The summed E-state index contributed by atoms with van der Waals surface area (Å²) in [6, 6.07) is 4.49. The molecule has 0 amide bonds. The highest BCUT2D eigenvalue weighted by Gasteiger charge is 2.14. The molecule has 17 heavy (non-hydrogen) atoms. The number of ether oxygens (including phenoxy) is 1. The summed E-state index contributed by atoms with van der Waals surface area (Å²) in [6.07, 6.45) is 3.66. The SMILES string of the molecule is CCNCC(COC)N(C)Cc1ccncc1. The lowest BCUT2D eigenvalue weighted by atomic mass is 10.2. The molecule has 1 aromatic heterocycles. The second kappa shape index (κ2) is 8.17. The van der Waals surface area contributed by atoms with Crippen molar-refractivity contribution in [2.45, 2.75) is 19.5 Å². The van der Waals surface area contributed by atoms with E-state index >= 15 is 0 Å². The molecule has 0 saturated carbocycles. The molecule has 0 aromatic carbocycles. The first-order valence-electron chi connectivity index (χ1n) is 6.06. The van der Waals surface area contributed by atoms with E-state index in [1.54, 1.807) is 7.11 Å². The Balaban J connectivity index is 2.49. The van der Waals surface area contributed by atoms with E-state index in [4.69, 9.17) is 4.74 Å². The van der Waals surface area contributed by atoms with Gasteiger partial charge in [0.05, 0.1) is 6.61 Å². The Morgan fingerprint density at radius 1 is 1.41 bits per heavy atom. The summed E-state index contributed by atoms with van der Waals surface area (Å²) in [6.45, 7) is 5.72. The van der Waals surface area contributed by atoms with Crippen LogP contribution in [-0.2, 0) is 11.3 Å². The van der Waals surface area contributed by atoms with Crippen LogP contribution in [0.1, 0.15) is 12.5 Å². The molecule has 1 heterocycles. The van der Waals surface area contributed by atoms with Gasteiger partial charge in [-0.05, 0) is 31.3 Å².